The SMILES string of the molecule is C=C(/C=C(\C)F)N=C(NN)c1cc(C(=O)N2CCN(Cc3ccncc3)CC2)cnc1N. The van der Waals surface area contributed by atoms with Gasteiger partial charge in [0.1, 0.15) is 5.82 Å². The number of halogens is 1. The van der Waals surface area contributed by atoms with Gasteiger partial charge in [0, 0.05) is 51.3 Å². The minimum absolute atomic E-state index is 0.133. The van der Waals surface area contributed by atoms with Gasteiger partial charge in [0.05, 0.1) is 22.7 Å². The Morgan fingerprint density at radius 1 is 1.31 bits per heavy atom. The summed E-state index contributed by atoms with van der Waals surface area (Å²) in [6, 6.07) is 5.55. The molecule has 1 aliphatic rings. The highest BCUT2D eigenvalue weighted by atomic mass is 19.1. The maximum absolute atomic E-state index is 13.1. The first-order valence-corrected chi connectivity index (χ1v) is 10.1. The molecule has 9 nitrogen and oxygen atoms in total. The molecule has 2 aromatic heterocycles. The van der Waals surface area contributed by atoms with E-state index in [1.807, 2.05) is 12.1 Å². The molecule has 0 atom stereocenters. The van der Waals surface area contributed by atoms with Crippen LogP contribution in [0.15, 0.2) is 66.0 Å². The Morgan fingerprint density at radius 3 is 2.62 bits per heavy atom. The molecule has 0 aromatic carbocycles. The van der Waals surface area contributed by atoms with Crippen molar-refractivity contribution in [2.45, 2.75) is 13.5 Å². The number of carbonyl (C=O) groups is 1. The third kappa shape index (κ3) is 5.96. The van der Waals surface area contributed by atoms with Gasteiger partial charge in [-0.2, -0.15) is 0 Å². The van der Waals surface area contributed by atoms with Crippen LogP contribution in [0.4, 0.5) is 10.2 Å². The summed E-state index contributed by atoms with van der Waals surface area (Å²) in [4.78, 5) is 29.4. The Bertz CT molecular complexity index is 1030. The summed E-state index contributed by atoms with van der Waals surface area (Å²) < 4.78 is 13.1. The molecular weight excluding hydrogens is 411 g/mol. The first-order valence-electron chi connectivity index (χ1n) is 10.1. The van der Waals surface area contributed by atoms with Crippen LogP contribution in [-0.4, -0.2) is 57.7 Å². The molecule has 2 aromatic rings. The molecule has 1 aliphatic heterocycles. The number of carbonyl (C=O) groups excluding carboxylic acids is 1. The van der Waals surface area contributed by atoms with Crippen LogP contribution >= 0.6 is 0 Å². The number of hydrazine groups is 1. The number of hydrogen-bond acceptors (Lipinski definition) is 7. The number of pyridine rings is 2. The number of nitrogens with one attached hydrogen (secondary N) is 1. The number of amidine groups is 1. The van der Waals surface area contributed by atoms with Gasteiger partial charge in [-0.3, -0.25) is 14.7 Å². The molecule has 0 saturated carbocycles. The maximum atomic E-state index is 13.1. The van der Waals surface area contributed by atoms with Gasteiger partial charge < -0.3 is 16.1 Å². The van der Waals surface area contributed by atoms with E-state index in [9.17, 15) is 9.18 Å². The smallest absolute Gasteiger partial charge is 0.255 e. The summed E-state index contributed by atoms with van der Waals surface area (Å²) in [6.07, 6.45) is 6.14. The molecule has 3 heterocycles. The Kier molecular flexibility index (Phi) is 7.63. The van der Waals surface area contributed by atoms with Crippen LogP contribution in [0, 0.1) is 0 Å². The fourth-order valence-electron chi connectivity index (χ4n) is 3.40. The van der Waals surface area contributed by atoms with Gasteiger partial charge in [0.25, 0.3) is 5.91 Å². The van der Waals surface area contributed by atoms with Crippen molar-refractivity contribution in [2.75, 3.05) is 31.9 Å². The molecule has 5 N–H and O–H groups in total. The Morgan fingerprint density at radius 2 is 2.00 bits per heavy atom. The normalized spacial score (nSPS) is 15.5. The minimum Gasteiger partial charge on any atom is -0.383 e. The molecule has 1 saturated heterocycles. The summed E-state index contributed by atoms with van der Waals surface area (Å²) in [5, 5.41) is 0. The molecule has 1 amide bonds. The lowest BCUT2D eigenvalue weighted by Crippen LogP contribution is -2.48. The zero-order valence-electron chi connectivity index (χ0n) is 18.0. The highest BCUT2D eigenvalue weighted by Gasteiger charge is 2.23. The number of allylic oxidation sites excluding steroid dienone is 2. The lowest BCUT2D eigenvalue weighted by molar-refractivity contribution is 0.0628. The second-order valence-electron chi connectivity index (χ2n) is 7.41. The van der Waals surface area contributed by atoms with E-state index in [1.165, 1.54) is 18.7 Å². The molecule has 32 heavy (non-hydrogen) atoms. The van der Waals surface area contributed by atoms with E-state index < -0.39 is 5.83 Å². The van der Waals surface area contributed by atoms with Gasteiger partial charge in [-0.15, -0.1) is 0 Å². The van der Waals surface area contributed by atoms with E-state index >= 15 is 0 Å². The number of anilines is 1. The Balaban J connectivity index is 1.70. The number of nitrogens with two attached hydrogens (primary N) is 2. The predicted molar refractivity (Wildman–Crippen MR) is 122 cm³/mol. The summed E-state index contributed by atoms with van der Waals surface area (Å²) in [6.45, 7) is 8.46. The van der Waals surface area contributed by atoms with Crippen molar-refractivity contribution in [3.05, 3.63) is 77.7 Å². The Hall–Kier alpha value is -3.63. The van der Waals surface area contributed by atoms with E-state index in [4.69, 9.17) is 11.6 Å². The molecule has 0 aliphatic carbocycles. The number of nitrogen functional groups attached to an aromatic ring is 1. The van der Waals surface area contributed by atoms with Crippen molar-refractivity contribution in [2.24, 2.45) is 10.8 Å². The molecule has 0 radical (unpaired) electrons. The zero-order valence-corrected chi connectivity index (χ0v) is 18.0. The second-order valence-corrected chi connectivity index (χ2v) is 7.41. The third-order valence-corrected chi connectivity index (χ3v) is 4.99. The molecule has 0 unspecified atom stereocenters. The molecule has 0 bridgehead atoms. The van der Waals surface area contributed by atoms with Crippen LogP contribution in [-0.2, 0) is 6.54 Å². The number of aliphatic imine (C=N–C) groups is 1. The minimum atomic E-state index is -0.451. The monoisotopic (exact) mass is 438 g/mol. The third-order valence-electron chi connectivity index (χ3n) is 4.99. The van der Waals surface area contributed by atoms with Crippen molar-refractivity contribution < 1.29 is 9.18 Å². The van der Waals surface area contributed by atoms with Crippen LogP contribution in [0.1, 0.15) is 28.4 Å². The maximum Gasteiger partial charge on any atom is 0.255 e. The van der Waals surface area contributed by atoms with Gasteiger partial charge in [0.2, 0.25) is 0 Å². The van der Waals surface area contributed by atoms with Gasteiger partial charge in [0.15, 0.2) is 5.84 Å². The van der Waals surface area contributed by atoms with Crippen molar-refractivity contribution in [3.63, 3.8) is 0 Å². The van der Waals surface area contributed by atoms with Crippen LogP contribution < -0.4 is 17.0 Å². The van der Waals surface area contributed by atoms with Gasteiger partial charge in [-0.05, 0) is 36.8 Å². The largest absolute Gasteiger partial charge is 0.383 e. The van der Waals surface area contributed by atoms with Crippen molar-refractivity contribution in [1.29, 1.82) is 0 Å². The molecule has 10 heteroatoms. The van der Waals surface area contributed by atoms with Crippen LogP contribution in [0.5, 0.6) is 0 Å². The quantitative estimate of drug-likeness (QED) is 0.206. The standard InChI is InChI=1S/C22H27FN8O/c1-15(23)11-16(2)28-21(29-25)19-12-18(13-27-20(19)24)22(32)31-9-7-30(8-10-31)14-17-3-5-26-6-4-17/h3-6,11-13H,2,7-10,14,25H2,1H3,(H2,24,27)(H,28,29)/b15-11+. The number of amides is 1. The van der Waals surface area contributed by atoms with Crippen LogP contribution in [0.3, 0.4) is 0 Å². The number of nitrogens with zero attached hydrogens (tertiary/aromatic N) is 5. The Labute approximate surface area is 186 Å². The van der Waals surface area contributed by atoms with Crippen molar-refractivity contribution in [1.82, 2.24) is 25.2 Å². The van der Waals surface area contributed by atoms with Gasteiger partial charge in [-0.25, -0.2) is 20.2 Å². The zero-order chi connectivity index (χ0) is 23.1. The average Bonchev–Trinajstić information content (AvgIpc) is 2.78. The number of piperazine rings is 1. The lowest BCUT2D eigenvalue weighted by atomic mass is 10.1. The van der Waals surface area contributed by atoms with Crippen molar-refractivity contribution >= 4 is 17.6 Å². The molecule has 1 fully saturated rings. The highest BCUT2D eigenvalue weighted by Crippen LogP contribution is 2.16. The van der Waals surface area contributed by atoms with Crippen LogP contribution in [0.25, 0.3) is 0 Å². The molecule has 168 valence electrons. The second kappa shape index (κ2) is 10.6. The van der Waals surface area contributed by atoms with E-state index in [0.29, 0.717) is 24.2 Å². The van der Waals surface area contributed by atoms with Crippen molar-refractivity contribution in [3.8, 4) is 0 Å². The number of rotatable bonds is 6. The summed E-state index contributed by atoms with van der Waals surface area (Å²) in [5.74, 6) is 5.24. The lowest BCUT2D eigenvalue weighted by Gasteiger charge is -2.34. The number of hydrogen-bond donors (Lipinski definition) is 3. The van der Waals surface area contributed by atoms with Crippen LogP contribution in [0.2, 0.25) is 0 Å². The first-order chi connectivity index (χ1) is 15.4. The molecule has 0 spiro atoms. The first kappa shape index (κ1) is 23.0. The summed E-state index contributed by atoms with van der Waals surface area (Å²) in [5.41, 5.74) is 10.4. The highest BCUT2D eigenvalue weighted by molar-refractivity contribution is 6.05. The van der Waals surface area contributed by atoms with Gasteiger partial charge >= 0.3 is 0 Å². The predicted octanol–water partition coefficient (Wildman–Crippen LogP) is 1.61. The summed E-state index contributed by atoms with van der Waals surface area (Å²) in [7, 11) is 0. The molecular formula is C22H27FN8O. The summed E-state index contributed by atoms with van der Waals surface area (Å²) >= 11 is 0. The molecule has 3 rings (SSSR count). The fourth-order valence-corrected chi connectivity index (χ4v) is 3.40. The van der Waals surface area contributed by atoms with E-state index in [2.05, 4.69) is 31.9 Å². The van der Waals surface area contributed by atoms with E-state index in [-0.39, 0.29) is 23.3 Å². The topological polar surface area (TPSA) is 126 Å². The number of aromatic nitrogens is 2. The van der Waals surface area contributed by atoms with E-state index in [0.717, 1.165) is 25.7 Å². The average molecular weight is 439 g/mol. The fraction of sp³-hybridized carbons (Fsp3) is 0.273. The van der Waals surface area contributed by atoms with E-state index in [1.54, 1.807) is 23.4 Å². The van der Waals surface area contributed by atoms with Gasteiger partial charge in [-0.1, -0.05) is 6.58 Å².